The molecule has 0 heterocycles. The maximum Gasteiger partial charge on any atom is 0.326 e. The third-order valence-corrected chi connectivity index (χ3v) is 2.56. The minimum Gasteiger partial charge on any atom is -0.480 e. The zero-order valence-electron chi connectivity index (χ0n) is 11.1. The van der Waals surface area contributed by atoms with Gasteiger partial charge in [0.15, 0.2) is 5.78 Å². The van der Waals surface area contributed by atoms with E-state index >= 15 is 0 Å². The van der Waals surface area contributed by atoms with Gasteiger partial charge in [-0.2, -0.15) is 0 Å². The number of nitrogens with one attached hydrogen (secondary N) is 2. The van der Waals surface area contributed by atoms with Crippen LogP contribution in [0.1, 0.15) is 23.7 Å². The zero-order chi connectivity index (χ0) is 15.1. The van der Waals surface area contributed by atoms with E-state index in [1.165, 1.54) is 13.0 Å². The predicted octanol–water partition coefficient (Wildman–Crippen LogP) is 2.04. The maximum absolute atomic E-state index is 11.6. The Kier molecular flexibility index (Phi) is 5.46. The molecule has 2 amide bonds. The van der Waals surface area contributed by atoms with Crippen molar-refractivity contribution in [1.82, 2.24) is 5.32 Å². The van der Waals surface area contributed by atoms with E-state index in [1.807, 2.05) is 0 Å². The lowest BCUT2D eigenvalue weighted by Crippen LogP contribution is -2.42. The Bertz CT molecular complexity index is 522. The summed E-state index contributed by atoms with van der Waals surface area (Å²) in [6, 6.07) is 4.64. The van der Waals surface area contributed by atoms with Gasteiger partial charge in [-0.25, -0.2) is 9.59 Å². The molecule has 106 valence electrons. The van der Waals surface area contributed by atoms with E-state index in [0.717, 1.165) is 0 Å². The molecule has 0 aliphatic heterocycles. The standard InChI is InChI=1S/C14H16N2O4/c1-3-4-12(13(18)19)16-14(20)15-11-7-5-10(6-8-11)9(2)17/h3,5-8,12H,1,4H2,2H3,(H,18,19)(H2,15,16,20). The quantitative estimate of drug-likeness (QED) is 0.547. The van der Waals surface area contributed by atoms with E-state index in [4.69, 9.17) is 5.11 Å². The summed E-state index contributed by atoms with van der Waals surface area (Å²) in [6.45, 7) is 4.88. The summed E-state index contributed by atoms with van der Waals surface area (Å²) >= 11 is 0. The molecule has 1 atom stereocenters. The molecule has 0 saturated heterocycles. The minimum atomic E-state index is -1.13. The van der Waals surface area contributed by atoms with Crippen molar-refractivity contribution in [2.24, 2.45) is 0 Å². The van der Waals surface area contributed by atoms with E-state index in [2.05, 4.69) is 17.2 Å². The van der Waals surface area contributed by atoms with Crippen LogP contribution in [0.2, 0.25) is 0 Å². The van der Waals surface area contributed by atoms with Gasteiger partial charge in [0.1, 0.15) is 6.04 Å². The van der Waals surface area contributed by atoms with Crippen molar-refractivity contribution >= 4 is 23.5 Å². The fraction of sp³-hybridized carbons (Fsp3) is 0.214. The number of amides is 2. The van der Waals surface area contributed by atoms with Crippen LogP contribution < -0.4 is 10.6 Å². The lowest BCUT2D eigenvalue weighted by Gasteiger charge is -2.13. The van der Waals surface area contributed by atoms with Gasteiger partial charge in [0.05, 0.1) is 0 Å². The molecule has 0 radical (unpaired) electrons. The van der Waals surface area contributed by atoms with Crippen LogP contribution in [0.25, 0.3) is 0 Å². The van der Waals surface area contributed by atoms with Crippen LogP contribution in [-0.2, 0) is 4.79 Å². The van der Waals surface area contributed by atoms with Crippen LogP contribution in [0.15, 0.2) is 36.9 Å². The molecule has 0 aromatic heterocycles. The Hall–Kier alpha value is -2.63. The summed E-state index contributed by atoms with van der Waals surface area (Å²) in [6.07, 6.45) is 1.55. The van der Waals surface area contributed by atoms with Crippen molar-refractivity contribution in [3.8, 4) is 0 Å². The largest absolute Gasteiger partial charge is 0.480 e. The van der Waals surface area contributed by atoms with Crippen LogP contribution in [0.5, 0.6) is 0 Å². The number of carboxylic acids is 1. The molecule has 0 aliphatic carbocycles. The number of Topliss-reactive ketones (excluding diaryl/α,β-unsaturated/α-hetero) is 1. The van der Waals surface area contributed by atoms with Crippen LogP contribution in [-0.4, -0.2) is 28.9 Å². The lowest BCUT2D eigenvalue weighted by molar-refractivity contribution is -0.139. The van der Waals surface area contributed by atoms with E-state index in [9.17, 15) is 14.4 Å². The lowest BCUT2D eigenvalue weighted by atomic mass is 10.1. The number of ketones is 1. The third-order valence-electron chi connectivity index (χ3n) is 2.56. The molecule has 20 heavy (non-hydrogen) atoms. The molecule has 6 nitrogen and oxygen atoms in total. The molecule has 3 N–H and O–H groups in total. The monoisotopic (exact) mass is 276 g/mol. The van der Waals surface area contributed by atoms with Gasteiger partial charge in [0, 0.05) is 11.3 Å². The van der Waals surface area contributed by atoms with Gasteiger partial charge < -0.3 is 15.7 Å². The fourth-order valence-corrected chi connectivity index (χ4v) is 1.50. The maximum atomic E-state index is 11.6. The summed E-state index contributed by atoms with van der Waals surface area (Å²) in [5.74, 6) is -1.20. The van der Waals surface area contributed by atoms with Gasteiger partial charge in [0.25, 0.3) is 0 Å². The summed E-state index contributed by atoms with van der Waals surface area (Å²) in [5, 5.41) is 13.7. The number of carboxylic acid groups (broad SMARTS) is 1. The molecule has 0 spiro atoms. The molecule has 0 fully saturated rings. The Labute approximate surface area is 116 Å². The SMILES string of the molecule is C=CCC(NC(=O)Nc1ccc(C(C)=O)cc1)C(=O)O. The molecular formula is C14H16N2O4. The van der Waals surface area contributed by atoms with E-state index < -0.39 is 18.0 Å². The highest BCUT2D eigenvalue weighted by Gasteiger charge is 2.18. The second-order valence-electron chi connectivity index (χ2n) is 4.15. The van der Waals surface area contributed by atoms with E-state index in [1.54, 1.807) is 24.3 Å². The Morgan fingerprint density at radius 2 is 1.90 bits per heavy atom. The summed E-state index contributed by atoms with van der Waals surface area (Å²) < 4.78 is 0. The van der Waals surface area contributed by atoms with Crippen LogP contribution in [0.3, 0.4) is 0 Å². The first kappa shape index (κ1) is 15.4. The highest BCUT2D eigenvalue weighted by atomic mass is 16.4. The molecule has 1 rings (SSSR count). The average Bonchev–Trinajstić information content (AvgIpc) is 2.38. The number of benzene rings is 1. The van der Waals surface area contributed by atoms with Gasteiger partial charge in [-0.1, -0.05) is 6.08 Å². The minimum absolute atomic E-state index is 0.0714. The van der Waals surface area contributed by atoms with Crippen molar-refractivity contribution in [2.45, 2.75) is 19.4 Å². The summed E-state index contributed by atoms with van der Waals surface area (Å²) in [7, 11) is 0. The van der Waals surface area contributed by atoms with Crippen molar-refractivity contribution in [3.05, 3.63) is 42.5 Å². The highest BCUT2D eigenvalue weighted by Crippen LogP contribution is 2.10. The van der Waals surface area contributed by atoms with Crippen LogP contribution >= 0.6 is 0 Å². The molecule has 1 aromatic rings. The predicted molar refractivity (Wildman–Crippen MR) is 74.8 cm³/mol. The molecular weight excluding hydrogens is 260 g/mol. The van der Waals surface area contributed by atoms with Gasteiger partial charge >= 0.3 is 12.0 Å². The molecule has 0 saturated carbocycles. The van der Waals surface area contributed by atoms with Crippen LogP contribution in [0.4, 0.5) is 10.5 Å². The molecule has 6 heteroatoms. The number of carbonyl (C=O) groups is 3. The molecule has 1 aromatic carbocycles. The number of hydrogen-bond acceptors (Lipinski definition) is 3. The smallest absolute Gasteiger partial charge is 0.326 e. The average molecular weight is 276 g/mol. The van der Waals surface area contributed by atoms with Gasteiger partial charge in [-0.15, -0.1) is 6.58 Å². The first-order chi connectivity index (χ1) is 9.43. The molecule has 1 unspecified atom stereocenters. The summed E-state index contributed by atoms with van der Waals surface area (Å²) in [5.41, 5.74) is 1.00. The Morgan fingerprint density at radius 1 is 1.30 bits per heavy atom. The van der Waals surface area contributed by atoms with Gasteiger partial charge in [-0.3, -0.25) is 4.79 Å². The van der Waals surface area contributed by atoms with Gasteiger partial charge in [-0.05, 0) is 37.6 Å². The number of urea groups is 1. The second kappa shape index (κ2) is 7.08. The van der Waals surface area contributed by atoms with Crippen LogP contribution in [0, 0.1) is 0 Å². The van der Waals surface area contributed by atoms with Crippen molar-refractivity contribution < 1.29 is 19.5 Å². The van der Waals surface area contributed by atoms with Crippen molar-refractivity contribution in [3.63, 3.8) is 0 Å². The highest BCUT2D eigenvalue weighted by molar-refractivity contribution is 5.96. The Morgan fingerprint density at radius 3 is 2.35 bits per heavy atom. The summed E-state index contributed by atoms with van der Waals surface area (Å²) in [4.78, 5) is 33.6. The van der Waals surface area contributed by atoms with E-state index in [-0.39, 0.29) is 12.2 Å². The van der Waals surface area contributed by atoms with Crippen molar-refractivity contribution in [1.29, 1.82) is 0 Å². The zero-order valence-corrected chi connectivity index (χ0v) is 11.1. The number of rotatable bonds is 6. The number of carbonyl (C=O) groups excluding carboxylic acids is 2. The normalized spacial score (nSPS) is 11.2. The molecule has 0 bridgehead atoms. The molecule has 0 aliphatic rings. The second-order valence-corrected chi connectivity index (χ2v) is 4.15. The topological polar surface area (TPSA) is 95.5 Å². The first-order valence-electron chi connectivity index (χ1n) is 5.96. The number of anilines is 1. The number of aliphatic carboxylic acids is 1. The fourth-order valence-electron chi connectivity index (χ4n) is 1.50. The van der Waals surface area contributed by atoms with Gasteiger partial charge in [0.2, 0.25) is 0 Å². The Balaban J connectivity index is 2.63. The first-order valence-corrected chi connectivity index (χ1v) is 5.96. The van der Waals surface area contributed by atoms with Crippen molar-refractivity contribution in [2.75, 3.05) is 5.32 Å². The van der Waals surface area contributed by atoms with E-state index in [0.29, 0.717) is 11.3 Å². The number of hydrogen-bond donors (Lipinski definition) is 3. The third kappa shape index (κ3) is 4.56.